The summed E-state index contributed by atoms with van der Waals surface area (Å²) in [4.78, 5) is 0. The molecular weight excluding hydrogens is 170 g/mol. The largest absolute Gasteiger partial charge is 0.325 e. The molecule has 0 aromatic heterocycles. The Balaban J connectivity index is 0. The summed E-state index contributed by atoms with van der Waals surface area (Å²) < 4.78 is 0. The average molecular weight is 194 g/mol. The van der Waals surface area contributed by atoms with Crippen molar-refractivity contribution in [3.8, 4) is 0 Å². The predicted molar refractivity (Wildman–Crippen MR) is 58.9 cm³/mol. The van der Waals surface area contributed by atoms with Crippen LogP contribution in [0.2, 0.25) is 0 Å². The number of halogens is 1. The van der Waals surface area contributed by atoms with Gasteiger partial charge < -0.3 is 5.73 Å². The highest BCUT2D eigenvalue weighted by Crippen LogP contribution is 2.17. The van der Waals surface area contributed by atoms with Gasteiger partial charge >= 0.3 is 0 Å². The summed E-state index contributed by atoms with van der Waals surface area (Å²) in [6, 6.07) is 0. The Morgan fingerprint density at radius 3 is 1.58 bits per heavy atom. The molecule has 2 N–H and O–H groups in total. The van der Waals surface area contributed by atoms with E-state index < -0.39 is 0 Å². The van der Waals surface area contributed by atoms with Crippen LogP contribution >= 0.6 is 12.4 Å². The molecule has 1 nitrogen and oxygen atoms in total. The molecule has 0 radical (unpaired) electrons. The highest BCUT2D eigenvalue weighted by atomic mass is 35.5. The van der Waals surface area contributed by atoms with Crippen molar-refractivity contribution in [1.29, 1.82) is 0 Å². The van der Waals surface area contributed by atoms with E-state index in [2.05, 4.69) is 20.8 Å². The van der Waals surface area contributed by atoms with Crippen molar-refractivity contribution >= 4 is 12.4 Å². The van der Waals surface area contributed by atoms with Gasteiger partial charge in [-0.25, -0.2) is 0 Å². The molecule has 0 aliphatic rings. The minimum absolute atomic E-state index is 0. The summed E-state index contributed by atoms with van der Waals surface area (Å²) in [6.07, 6.45) is 7.44. The van der Waals surface area contributed by atoms with Crippen molar-refractivity contribution in [2.45, 2.75) is 64.8 Å². The monoisotopic (exact) mass is 193 g/mol. The standard InChI is InChI=1S/C10H23N.ClH/c1-4-6-8-10(3,11)9-7-5-2;/h4-9,11H2,1-3H3;1H. The number of nitrogens with two attached hydrogens (primary N) is 1. The first-order valence-corrected chi connectivity index (χ1v) is 4.91. The third kappa shape index (κ3) is 8.35. The lowest BCUT2D eigenvalue weighted by atomic mass is 9.90. The van der Waals surface area contributed by atoms with Crippen LogP contribution in [0.15, 0.2) is 0 Å². The van der Waals surface area contributed by atoms with E-state index in [1.807, 2.05) is 0 Å². The lowest BCUT2D eigenvalue weighted by Crippen LogP contribution is -2.35. The molecule has 76 valence electrons. The van der Waals surface area contributed by atoms with Crippen molar-refractivity contribution in [2.75, 3.05) is 0 Å². The van der Waals surface area contributed by atoms with Crippen LogP contribution in [0.1, 0.15) is 59.3 Å². The van der Waals surface area contributed by atoms with Crippen LogP contribution in [-0.4, -0.2) is 5.54 Å². The number of hydrogen-bond donors (Lipinski definition) is 1. The van der Waals surface area contributed by atoms with Crippen LogP contribution in [0.5, 0.6) is 0 Å². The molecule has 0 aromatic rings. The molecule has 0 heterocycles. The first-order chi connectivity index (χ1) is 5.12. The Labute approximate surface area is 83.5 Å². The van der Waals surface area contributed by atoms with Gasteiger partial charge in [0.1, 0.15) is 0 Å². The smallest absolute Gasteiger partial charge is 0.0125 e. The van der Waals surface area contributed by atoms with Crippen LogP contribution in [0.3, 0.4) is 0 Å². The lowest BCUT2D eigenvalue weighted by molar-refractivity contribution is 0.376. The normalized spacial score (nSPS) is 11.0. The highest BCUT2D eigenvalue weighted by Gasteiger charge is 2.15. The molecule has 0 unspecified atom stereocenters. The molecule has 0 bridgehead atoms. The Hall–Kier alpha value is 0.250. The third-order valence-corrected chi connectivity index (χ3v) is 2.20. The predicted octanol–water partition coefficient (Wildman–Crippen LogP) is 3.51. The first kappa shape index (κ1) is 14.8. The van der Waals surface area contributed by atoms with Crippen LogP contribution < -0.4 is 5.73 Å². The fourth-order valence-electron chi connectivity index (χ4n) is 1.29. The Kier molecular flexibility index (Phi) is 9.69. The fourth-order valence-corrected chi connectivity index (χ4v) is 1.29. The molecule has 0 saturated heterocycles. The van der Waals surface area contributed by atoms with Gasteiger partial charge in [0.25, 0.3) is 0 Å². The van der Waals surface area contributed by atoms with E-state index in [1.165, 1.54) is 38.5 Å². The second-order valence-electron chi connectivity index (χ2n) is 3.86. The van der Waals surface area contributed by atoms with Crippen LogP contribution in [0.4, 0.5) is 0 Å². The zero-order chi connectivity index (χ0) is 8.74. The summed E-state index contributed by atoms with van der Waals surface area (Å²) in [5.41, 5.74) is 6.19. The van der Waals surface area contributed by atoms with Crippen LogP contribution in [0.25, 0.3) is 0 Å². The molecular formula is C10H24ClN. The van der Waals surface area contributed by atoms with Crippen molar-refractivity contribution in [3.63, 3.8) is 0 Å². The van der Waals surface area contributed by atoms with Crippen molar-refractivity contribution in [2.24, 2.45) is 5.73 Å². The minimum Gasteiger partial charge on any atom is -0.325 e. The molecule has 0 amide bonds. The lowest BCUT2D eigenvalue weighted by Gasteiger charge is -2.23. The van der Waals surface area contributed by atoms with Crippen molar-refractivity contribution in [1.82, 2.24) is 0 Å². The summed E-state index contributed by atoms with van der Waals surface area (Å²) in [7, 11) is 0. The molecule has 0 saturated carbocycles. The maximum absolute atomic E-state index is 6.09. The Bertz CT molecular complexity index is 81.8. The third-order valence-electron chi connectivity index (χ3n) is 2.20. The van der Waals surface area contributed by atoms with Gasteiger partial charge in [-0.3, -0.25) is 0 Å². The molecule has 0 aromatic carbocycles. The molecule has 0 rings (SSSR count). The first-order valence-electron chi connectivity index (χ1n) is 4.91. The molecule has 0 aliphatic carbocycles. The average Bonchev–Trinajstić information content (AvgIpc) is 1.97. The molecule has 0 fully saturated rings. The van der Waals surface area contributed by atoms with Gasteiger partial charge in [0, 0.05) is 5.54 Å². The van der Waals surface area contributed by atoms with Gasteiger partial charge in [-0.05, 0) is 19.8 Å². The van der Waals surface area contributed by atoms with Crippen molar-refractivity contribution < 1.29 is 0 Å². The SMILES string of the molecule is CCCCC(C)(N)CCCC.Cl. The highest BCUT2D eigenvalue weighted by molar-refractivity contribution is 5.85. The van der Waals surface area contributed by atoms with Gasteiger partial charge in [0.2, 0.25) is 0 Å². The molecule has 2 heteroatoms. The fraction of sp³-hybridized carbons (Fsp3) is 1.00. The van der Waals surface area contributed by atoms with Crippen molar-refractivity contribution in [3.05, 3.63) is 0 Å². The quantitative estimate of drug-likeness (QED) is 0.687. The summed E-state index contributed by atoms with van der Waals surface area (Å²) in [6.45, 7) is 6.62. The number of hydrogen-bond acceptors (Lipinski definition) is 1. The molecule has 0 aliphatic heterocycles. The van der Waals surface area contributed by atoms with E-state index in [0.29, 0.717) is 0 Å². The van der Waals surface area contributed by atoms with Crippen LogP contribution in [-0.2, 0) is 0 Å². The van der Waals surface area contributed by atoms with Gasteiger partial charge in [0.05, 0.1) is 0 Å². The van der Waals surface area contributed by atoms with Gasteiger partial charge in [0.15, 0.2) is 0 Å². The molecule has 12 heavy (non-hydrogen) atoms. The summed E-state index contributed by atoms with van der Waals surface area (Å²) in [5.74, 6) is 0. The van der Waals surface area contributed by atoms with E-state index in [-0.39, 0.29) is 17.9 Å². The Morgan fingerprint density at radius 2 is 1.33 bits per heavy atom. The summed E-state index contributed by atoms with van der Waals surface area (Å²) >= 11 is 0. The second-order valence-corrected chi connectivity index (χ2v) is 3.86. The minimum atomic E-state index is 0. The van der Waals surface area contributed by atoms with E-state index in [0.717, 1.165) is 0 Å². The van der Waals surface area contributed by atoms with Crippen LogP contribution in [0, 0.1) is 0 Å². The zero-order valence-electron chi connectivity index (χ0n) is 8.73. The zero-order valence-corrected chi connectivity index (χ0v) is 9.54. The maximum Gasteiger partial charge on any atom is 0.0125 e. The van der Waals surface area contributed by atoms with E-state index in [1.54, 1.807) is 0 Å². The van der Waals surface area contributed by atoms with E-state index in [4.69, 9.17) is 5.73 Å². The van der Waals surface area contributed by atoms with Gasteiger partial charge in [-0.1, -0.05) is 39.5 Å². The topological polar surface area (TPSA) is 26.0 Å². The maximum atomic E-state index is 6.09. The second kappa shape index (κ2) is 7.88. The number of unbranched alkanes of at least 4 members (excludes halogenated alkanes) is 2. The van der Waals surface area contributed by atoms with E-state index >= 15 is 0 Å². The van der Waals surface area contributed by atoms with Gasteiger partial charge in [-0.15, -0.1) is 12.4 Å². The molecule has 0 spiro atoms. The Morgan fingerprint density at radius 1 is 1.00 bits per heavy atom. The van der Waals surface area contributed by atoms with E-state index in [9.17, 15) is 0 Å². The number of rotatable bonds is 6. The molecule has 0 atom stereocenters. The van der Waals surface area contributed by atoms with Gasteiger partial charge in [-0.2, -0.15) is 0 Å². The summed E-state index contributed by atoms with van der Waals surface area (Å²) in [5, 5.41) is 0.